The van der Waals surface area contributed by atoms with Crippen LogP contribution < -0.4 is 0 Å². The summed E-state index contributed by atoms with van der Waals surface area (Å²) in [4.78, 5) is 0. The number of alkyl halides is 4. The Labute approximate surface area is 126 Å². The van der Waals surface area contributed by atoms with Crippen molar-refractivity contribution in [2.24, 2.45) is 0 Å². The third-order valence-electron chi connectivity index (χ3n) is 2.82. The van der Waals surface area contributed by atoms with E-state index in [2.05, 4.69) is 6.92 Å². The fourth-order valence-electron chi connectivity index (χ4n) is 1.85. The molecule has 0 nitrogen and oxygen atoms in total. The van der Waals surface area contributed by atoms with Gasteiger partial charge < -0.3 is 0 Å². The van der Waals surface area contributed by atoms with Crippen LogP contribution in [0.4, 0.5) is 0 Å². The Kier molecular flexibility index (Phi) is 11.8. The van der Waals surface area contributed by atoms with Gasteiger partial charge in [-0.15, -0.1) is 11.6 Å². The van der Waals surface area contributed by atoms with Gasteiger partial charge in [0.25, 0.3) is 0 Å². The fourth-order valence-corrected chi connectivity index (χ4v) is 3.03. The zero-order valence-electron chi connectivity index (χ0n) is 10.7. The van der Waals surface area contributed by atoms with Gasteiger partial charge >= 0.3 is 0 Å². The first-order valence-electron chi connectivity index (χ1n) is 6.66. The van der Waals surface area contributed by atoms with Gasteiger partial charge in [0.1, 0.15) is 0 Å². The SMILES string of the molecule is CCCCCCCCCCC(Cl)CC(Cl)(Cl)Cl. The highest BCUT2D eigenvalue weighted by molar-refractivity contribution is 6.67. The molecular weight excluding hydrogens is 298 g/mol. The zero-order chi connectivity index (χ0) is 13.1. The molecule has 0 aromatic rings. The van der Waals surface area contributed by atoms with Gasteiger partial charge in [-0.1, -0.05) is 93.1 Å². The van der Waals surface area contributed by atoms with Crippen LogP contribution in [0, 0.1) is 0 Å². The van der Waals surface area contributed by atoms with E-state index in [0.29, 0.717) is 6.42 Å². The molecular formula is C13H24Cl4. The molecule has 0 aromatic carbocycles. The third kappa shape index (κ3) is 15.1. The maximum atomic E-state index is 6.09. The predicted octanol–water partition coefficient (Wildman–Crippen LogP) is 6.88. The Balaban J connectivity index is 3.22. The van der Waals surface area contributed by atoms with Crippen LogP contribution in [0.15, 0.2) is 0 Å². The maximum absolute atomic E-state index is 6.09. The van der Waals surface area contributed by atoms with Crippen LogP contribution in [0.3, 0.4) is 0 Å². The average molecular weight is 322 g/mol. The summed E-state index contributed by atoms with van der Waals surface area (Å²) >= 11 is 23.1. The number of hydrogen-bond acceptors (Lipinski definition) is 0. The topological polar surface area (TPSA) is 0 Å². The summed E-state index contributed by atoms with van der Waals surface area (Å²) in [6.07, 6.45) is 11.8. The highest BCUT2D eigenvalue weighted by Crippen LogP contribution is 2.34. The second-order valence-corrected chi connectivity index (χ2v) is 7.81. The minimum atomic E-state index is -1.20. The molecule has 0 aliphatic carbocycles. The van der Waals surface area contributed by atoms with E-state index < -0.39 is 3.79 Å². The van der Waals surface area contributed by atoms with E-state index in [1.807, 2.05) is 0 Å². The minimum absolute atomic E-state index is 0.0115. The summed E-state index contributed by atoms with van der Waals surface area (Å²) in [6.45, 7) is 2.24. The summed E-state index contributed by atoms with van der Waals surface area (Å²) in [5.74, 6) is 0. The van der Waals surface area contributed by atoms with Crippen LogP contribution in [0.25, 0.3) is 0 Å². The Morgan fingerprint density at radius 3 is 1.76 bits per heavy atom. The van der Waals surface area contributed by atoms with Crippen LogP contribution in [0.2, 0.25) is 0 Å². The molecule has 0 heterocycles. The third-order valence-corrected chi connectivity index (χ3v) is 3.66. The molecule has 1 unspecified atom stereocenters. The molecule has 104 valence electrons. The highest BCUT2D eigenvalue weighted by atomic mass is 35.6. The Morgan fingerprint density at radius 1 is 0.824 bits per heavy atom. The van der Waals surface area contributed by atoms with Crippen LogP contribution >= 0.6 is 46.4 Å². The van der Waals surface area contributed by atoms with Crippen molar-refractivity contribution < 1.29 is 0 Å². The second-order valence-electron chi connectivity index (χ2n) is 4.68. The van der Waals surface area contributed by atoms with Crippen molar-refractivity contribution in [2.45, 2.75) is 80.3 Å². The molecule has 0 bridgehead atoms. The first-order valence-corrected chi connectivity index (χ1v) is 8.23. The number of halogens is 4. The molecule has 0 fully saturated rings. The smallest absolute Gasteiger partial charge is 0.123 e. The monoisotopic (exact) mass is 320 g/mol. The van der Waals surface area contributed by atoms with Crippen molar-refractivity contribution in [1.82, 2.24) is 0 Å². The van der Waals surface area contributed by atoms with Gasteiger partial charge in [0.05, 0.1) is 0 Å². The van der Waals surface area contributed by atoms with Crippen molar-refractivity contribution in [1.29, 1.82) is 0 Å². The quantitative estimate of drug-likeness (QED) is 0.303. The highest BCUT2D eigenvalue weighted by Gasteiger charge is 2.23. The van der Waals surface area contributed by atoms with Crippen molar-refractivity contribution >= 4 is 46.4 Å². The van der Waals surface area contributed by atoms with Crippen molar-refractivity contribution in [2.75, 3.05) is 0 Å². The molecule has 0 rings (SSSR count). The van der Waals surface area contributed by atoms with Gasteiger partial charge in [0, 0.05) is 11.8 Å². The van der Waals surface area contributed by atoms with Crippen LogP contribution in [0.5, 0.6) is 0 Å². The zero-order valence-corrected chi connectivity index (χ0v) is 13.7. The molecule has 0 aliphatic heterocycles. The van der Waals surface area contributed by atoms with Crippen LogP contribution in [-0.2, 0) is 0 Å². The van der Waals surface area contributed by atoms with E-state index in [0.717, 1.165) is 12.8 Å². The van der Waals surface area contributed by atoms with Crippen molar-refractivity contribution in [3.05, 3.63) is 0 Å². The molecule has 17 heavy (non-hydrogen) atoms. The van der Waals surface area contributed by atoms with Gasteiger partial charge in [-0.2, -0.15) is 0 Å². The lowest BCUT2D eigenvalue weighted by Crippen LogP contribution is -2.11. The number of rotatable bonds is 10. The normalized spacial score (nSPS) is 13.9. The van der Waals surface area contributed by atoms with Gasteiger partial charge in [0.15, 0.2) is 3.79 Å². The molecule has 4 heteroatoms. The van der Waals surface area contributed by atoms with Crippen LogP contribution in [0.1, 0.15) is 71.1 Å². The van der Waals surface area contributed by atoms with E-state index in [4.69, 9.17) is 46.4 Å². The van der Waals surface area contributed by atoms with Crippen molar-refractivity contribution in [3.63, 3.8) is 0 Å². The summed E-state index contributed by atoms with van der Waals surface area (Å²) in [6, 6.07) is 0. The summed E-state index contributed by atoms with van der Waals surface area (Å²) < 4.78 is -1.20. The average Bonchev–Trinajstić information content (AvgIpc) is 2.19. The second kappa shape index (κ2) is 11.0. The summed E-state index contributed by atoms with van der Waals surface area (Å²) in [5, 5.41) is -0.0115. The Morgan fingerprint density at radius 2 is 1.29 bits per heavy atom. The Bertz CT molecular complexity index is 165. The summed E-state index contributed by atoms with van der Waals surface area (Å²) in [7, 11) is 0. The predicted molar refractivity (Wildman–Crippen MR) is 81.8 cm³/mol. The number of hydrogen-bond donors (Lipinski definition) is 0. The first-order chi connectivity index (χ1) is 7.95. The lowest BCUT2D eigenvalue weighted by Gasteiger charge is -2.15. The first kappa shape index (κ1) is 18.2. The van der Waals surface area contributed by atoms with E-state index in [9.17, 15) is 0 Å². The lowest BCUT2D eigenvalue weighted by atomic mass is 10.1. The van der Waals surface area contributed by atoms with E-state index in [1.165, 1.54) is 44.9 Å². The van der Waals surface area contributed by atoms with Gasteiger partial charge in [0.2, 0.25) is 0 Å². The summed E-state index contributed by atoms with van der Waals surface area (Å²) in [5.41, 5.74) is 0. The largest absolute Gasteiger partial charge is 0.192 e. The molecule has 0 aliphatic rings. The van der Waals surface area contributed by atoms with E-state index in [-0.39, 0.29) is 5.38 Å². The lowest BCUT2D eigenvalue weighted by molar-refractivity contribution is 0.553. The van der Waals surface area contributed by atoms with Crippen LogP contribution in [-0.4, -0.2) is 9.17 Å². The molecule has 0 aromatic heterocycles. The standard InChI is InChI=1S/C13H24Cl4/c1-2-3-4-5-6-7-8-9-10-12(14)11-13(15,16)17/h12H,2-11H2,1H3. The molecule has 0 N–H and O–H groups in total. The van der Waals surface area contributed by atoms with Gasteiger partial charge in [-0.3, -0.25) is 0 Å². The van der Waals surface area contributed by atoms with Gasteiger partial charge in [-0.25, -0.2) is 0 Å². The maximum Gasteiger partial charge on any atom is 0.192 e. The van der Waals surface area contributed by atoms with E-state index >= 15 is 0 Å². The fraction of sp³-hybridized carbons (Fsp3) is 1.00. The van der Waals surface area contributed by atoms with E-state index in [1.54, 1.807) is 0 Å². The molecule has 0 radical (unpaired) electrons. The molecule has 0 amide bonds. The minimum Gasteiger partial charge on any atom is -0.123 e. The van der Waals surface area contributed by atoms with Gasteiger partial charge in [-0.05, 0) is 6.42 Å². The Hall–Kier alpha value is 1.16. The van der Waals surface area contributed by atoms with Crippen molar-refractivity contribution in [3.8, 4) is 0 Å². The molecule has 0 spiro atoms. The molecule has 0 saturated heterocycles. The molecule has 0 saturated carbocycles. The molecule has 1 atom stereocenters. The number of unbranched alkanes of at least 4 members (excludes halogenated alkanes) is 7.